The van der Waals surface area contributed by atoms with Crippen molar-refractivity contribution in [2.24, 2.45) is 11.5 Å². The van der Waals surface area contributed by atoms with Crippen molar-refractivity contribution in [1.82, 2.24) is 26.3 Å². The van der Waals surface area contributed by atoms with Crippen LogP contribution in [0.15, 0.2) is 30.5 Å². The number of para-hydroxylation sites is 1. The summed E-state index contributed by atoms with van der Waals surface area (Å²) in [5.41, 5.74) is 12.6. The number of nitrogens with one attached hydrogen (secondary N) is 5. The van der Waals surface area contributed by atoms with Crippen LogP contribution in [-0.4, -0.2) is 110 Å². The summed E-state index contributed by atoms with van der Waals surface area (Å²) in [6.45, 7) is -0.828. The molecule has 0 spiro atoms. The van der Waals surface area contributed by atoms with Gasteiger partial charge >= 0.3 is 5.97 Å². The van der Waals surface area contributed by atoms with E-state index in [0.717, 1.165) is 16.5 Å². The van der Waals surface area contributed by atoms with E-state index in [2.05, 4.69) is 15.6 Å². The van der Waals surface area contributed by atoms with Gasteiger partial charge in [0.15, 0.2) is 0 Å². The number of carbonyl (C=O) groups excluding carboxylic acids is 5. The van der Waals surface area contributed by atoms with E-state index in [1.807, 2.05) is 34.9 Å². The van der Waals surface area contributed by atoms with Crippen LogP contribution in [0.2, 0.25) is 0 Å². The van der Waals surface area contributed by atoms with Crippen molar-refractivity contribution in [2.75, 3.05) is 13.2 Å². The number of benzene rings is 1. The number of aliphatic hydroxyl groups excluding tert-OH is 3. The van der Waals surface area contributed by atoms with Gasteiger partial charge < -0.3 is 58.1 Å². The zero-order valence-corrected chi connectivity index (χ0v) is 22.6. The van der Waals surface area contributed by atoms with Crippen LogP contribution in [0.5, 0.6) is 0 Å². The van der Waals surface area contributed by atoms with E-state index in [0.29, 0.717) is 0 Å². The summed E-state index contributed by atoms with van der Waals surface area (Å²) in [6, 6.07) is -0.594. The lowest BCUT2D eigenvalue weighted by Crippen LogP contribution is -2.61. The Morgan fingerprint density at radius 1 is 0.857 bits per heavy atom. The predicted molar refractivity (Wildman–Crippen MR) is 145 cm³/mol. The number of aliphatic carboxylic acids is 1. The summed E-state index contributed by atoms with van der Waals surface area (Å²) < 4.78 is 0. The van der Waals surface area contributed by atoms with Crippen LogP contribution < -0.4 is 32.7 Å². The molecule has 1 heterocycles. The number of aromatic nitrogens is 1. The molecule has 13 N–H and O–H groups in total. The fourth-order valence-electron chi connectivity index (χ4n) is 3.89. The van der Waals surface area contributed by atoms with Crippen LogP contribution in [0.3, 0.4) is 0 Å². The number of primary amides is 1. The molecule has 2 aromatic rings. The van der Waals surface area contributed by atoms with E-state index < -0.39 is 91.5 Å². The summed E-state index contributed by atoms with van der Waals surface area (Å²) in [4.78, 5) is 76.0. The average molecular weight is 594 g/mol. The molecule has 17 nitrogen and oxygen atoms in total. The second-order valence-electron chi connectivity index (χ2n) is 9.45. The third kappa shape index (κ3) is 9.23. The minimum absolute atomic E-state index is 0.0957. The third-order valence-electron chi connectivity index (χ3n) is 6.17. The van der Waals surface area contributed by atoms with Crippen LogP contribution in [0.1, 0.15) is 18.9 Å². The molecule has 0 saturated heterocycles. The van der Waals surface area contributed by atoms with Crippen molar-refractivity contribution in [2.45, 2.75) is 56.1 Å². The van der Waals surface area contributed by atoms with Crippen molar-refractivity contribution < 1.29 is 49.2 Å². The third-order valence-corrected chi connectivity index (χ3v) is 6.17. The minimum atomic E-state index is -1.74. The number of nitrogens with two attached hydrogens (primary N) is 2. The highest BCUT2D eigenvalue weighted by Gasteiger charge is 2.33. The molecule has 17 heteroatoms. The Balaban J connectivity index is 2.03. The van der Waals surface area contributed by atoms with Crippen LogP contribution >= 0.6 is 0 Å². The molecule has 5 amide bonds. The maximum absolute atomic E-state index is 12.9. The molecule has 0 bridgehead atoms. The Bertz CT molecular complexity index is 1300. The minimum Gasteiger partial charge on any atom is -0.480 e. The van der Waals surface area contributed by atoms with Gasteiger partial charge in [0, 0.05) is 17.1 Å². The summed E-state index contributed by atoms with van der Waals surface area (Å²) >= 11 is 0. The van der Waals surface area contributed by atoms with Crippen LogP contribution in [-0.2, 0) is 35.2 Å². The summed E-state index contributed by atoms with van der Waals surface area (Å²) in [7, 11) is 0. The normalized spacial score (nSPS) is 15.4. The first kappa shape index (κ1) is 33.6. The molecule has 0 aliphatic heterocycles. The highest BCUT2D eigenvalue weighted by atomic mass is 16.4. The summed E-state index contributed by atoms with van der Waals surface area (Å²) in [6.07, 6.45) is -0.440. The number of hydrogen-bond acceptors (Lipinski definition) is 10. The first-order valence-corrected chi connectivity index (χ1v) is 12.7. The molecule has 0 radical (unpaired) electrons. The van der Waals surface area contributed by atoms with Gasteiger partial charge in [-0.1, -0.05) is 18.2 Å². The van der Waals surface area contributed by atoms with Crippen molar-refractivity contribution in [3.05, 3.63) is 36.0 Å². The Kier molecular flexibility index (Phi) is 12.4. The Morgan fingerprint density at radius 3 is 1.93 bits per heavy atom. The molecule has 0 unspecified atom stereocenters. The molecule has 0 aliphatic rings. The molecular formula is C25H35N7O10. The maximum Gasteiger partial charge on any atom is 0.326 e. The Morgan fingerprint density at radius 2 is 1.40 bits per heavy atom. The first-order chi connectivity index (χ1) is 19.8. The van der Waals surface area contributed by atoms with E-state index in [9.17, 15) is 44.1 Å². The standard InChI is InChI=1S/C25H35N7O10/c1-11(35)20(32-21(37)14(26)6-12-8-28-15-5-3-2-4-13(12)15)24(40)31-18(10-34)23(39)30-17(9-33)22(38)29-16(25(41)42)7-19(27)36/h2-5,8,11,14,16-18,20,28,33-35H,6-7,9-10,26H2,1H3,(H2,27,36)(H,29,38)(H,30,39)(H,31,40)(H,32,37)(H,41,42)/t11-,14+,16+,17+,18+,20+/m1/s1. The number of amides is 5. The number of H-pyrrole nitrogens is 1. The number of rotatable bonds is 16. The number of aromatic amines is 1. The first-order valence-electron chi connectivity index (χ1n) is 12.7. The molecule has 230 valence electrons. The van der Waals surface area contributed by atoms with E-state index in [4.69, 9.17) is 16.6 Å². The van der Waals surface area contributed by atoms with E-state index >= 15 is 0 Å². The van der Waals surface area contributed by atoms with Gasteiger partial charge in [-0.05, 0) is 25.0 Å². The molecular weight excluding hydrogens is 558 g/mol. The summed E-state index contributed by atoms with van der Waals surface area (Å²) in [5, 5.41) is 47.7. The lowest BCUT2D eigenvalue weighted by molar-refractivity contribution is -0.144. The second kappa shape index (κ2) is 15.4. The van der Waals surface area contributed by atoms with E-state index in [-0.39, 0.29) is 6.42 Å². The SMILES string of the molecule is C[C@@H](O)[C@H](NC(=O)[C@@H](N)Cc1c[nH]c2ccccc12)C(=O)N[C@@H](CO)C(=O)N[C@@H](CO)C(=O)N[C@@H](CC(N)=O)C(=O)O. The number of carboxylic acids is 1. The average Bonchev–Trinajstić information content (AvgIpc) is 3.34. The predicted octanol–water partition coefficient (Wildman–Crippen LogP) is -4.70. The Labute approximate surface area is 239 Å². The molecule has 0 saturated carbocycles. The van der Waals surface area contributed by atoms with Gasteiger partial charge in [-0.2, -0.15) is 0 Å². The fourth-order valence-corrected chi connectivity index (χ4v) is 3.89. The van der Waals surface area contributed by atoms with Gasteiger partial charge in [0.2, 0.25) is 29.5 Å². The number of hydrogen-bond donors (Lipinski definition) is 11. The zero-order chi connectivity index (χ0) is 31.6. The van der Waals surface area contributed by atoms with Crippen LogP contribution in [0.4, 0.5) is 0 Å². The number of carbonyl (C=O) groups is 6. The quantitative estimate of drug-likeness (QED) is 0.0878. The van der Waals surface area contributed by atoms with Crippen LogP contribution in [0.25, 0.3) is 10.9 Å². The number of aliphatic hydroxyl groups is 3. The van der Waals surface area contributed by atoms with Crippen LogP contribution in [0, 0.1) is 0 Å². The topological polar surface area (TPSA) is 299 Å². The highest BCUT2D eigenvalue weighted by Crippen LogP contribution is 2.18. The van der Waals surface area contributed by atoms with Gasteiger partial charge in [-0.3, -0.25) is 24.0 Å². The summed E-state index contributed by atoms with van der Waals surface area (Å²) in [5.74, 6) is -6.86. The molecule has 0 aliphatic carbocycles. The monoisotopic (exact) mass is 593 g/mol. The molecule has 1 aromatic heterocycles. The van der Waals surface area contributed by atoms with Gasteiger partial charge in [0.05, 0.1) is 31.8 Å². The molecule has 42 heavy (non-hydrogen) atoms. The van der Waals surface area contributed by atoms with Crippen molar-refractivity contribution in [1.29, 1.82) is 0 Å². The van der Waals surface area contributed by atoms with Gasteiger partial charge in [-0.25, -0.2) is 4.79 Å². The lowest BCUT2D eigenvalue weighted by Gasteiger charge is -2.26. The second-order valence-corrected chi connectivity index (χ2v) is 9.45. The van der Waals surface area contributed by atoms with Crippen molar-refractivity contribution in [3.63, 3.8) is 0 Å². The fraction of sp³-hybridized carbons (Fsp3) is 0.440. The van der Waals surface area contributed by atoms with Crippen molar-refractivity contribution in [3.8, 4) is 0 Å². The molecule has 0 fully saturated rings. The van der Waals surface area contributed by atoms with Crippen molar-refractivity contribution >= 4 is 46.4 Å². The molecule has 1 aromatic carbocycles. The molecule has 2 rings (SSSR count). The maximum atomic E-state index is 12.9. The largest absolute Gasteiger partial charge is 0.480 e. The number of fused-ring (bicyclic) bond motifs is 1. The van der Waals surface area contributed by atoms with Gasteiger partial charge in [0.25, 0.3) is 0 Å². The van der Waals surface area contributed by atoms with E-state index in [1.165, 1.54) is 6.92 Å². The lowest BCUT2D eigenvalue weighted by atomic mass is 10.0. The zero-order valence-electron chi connectivity index (χ0n) is 22.6. The molecule has 6 atom stereocenters. The number of carboxylic acid groups (broad SMARTS) is 1. The smallest absolute Gasteiger partial charge is 0.326 e. The highest BCUT2D eigenvalue weighted by molar-refractivity contribution is 5.96. The van der Waals surface area contributed by atoms with E-state index in [1.54, 1.807) is 6.20 Å². The Hall–Kier alpha value is -4.58. The van der Waals surface area contributed by atoms with Gasteiger partial charge in [0.1, 0.15) is 24.2 Å². The van der Waals surface area contributed by atoms with Gasteiger partial charge in [-0.15, -0.1) is 0 Å².